The number of pyridine rings is 3. The number of halogens is 1. The van der Waals surface area contributed by atoms with Crippen molar-refractivity contribution in [3.05, 3.63) is 73.1 Å². The third-order valence-electron chi connectivity index (χ3n) is 7.69. The summed E-state index contributed by atoms with van der Waals surface area (Å²) in [5.74, 6) is -0.290. The van der Waals surface area contributed by atoms with Gasteiger partial charge in [-0.05, 0) is 79.4 Å². The fraction of sp³-hybridized carbons (Fsp3) is 0.194. The van der Waals surface area contributed by atoms with Crippen molar-refractivity contribution in [2.45, 2.75) is 19.3 Å². The number of nitrogens with one attached hydrogen (secondary N) is 4. The molecule has 0 aliphatic carbocycles. The molecule has 1 aliphatic heterocycles. The van der Waals surface area contributed by atoms with Crippen molar-refractivity contribution in [2.75, 3.05) is 18.4 Å². The number of nitrogens with zero attached hydrogens (tertiary/aromatic N) is 4. The van der Waals surface area contributed by atoms with Crippen molar-refractivity contribution >= 4 is 33.7 Å². The van der Waals surface area contributed by atoms with Crippen LogP contribution in [-0.2, 0) is 4.79 Å². The number of H-pyrrole nitrogens is 2. The fourth-order valence-electron chi connectivity index (χ4n) is 5.63. The number of aromatic amines is 2. The van der Waals surface area contributed by atoms with E-state index in [9.17, 15) is 14.3 Å². The molecule has 11 heteroatoms. The lowest BCUT2D eigenvalue weighted by Gasteiger charge is -2.21. The molecule has 0 atom stereocenters. The number of benzene rings is 1. The van der Waals surface area contributed by atoms with Crippen LogP contribution < -0.4 is 10.6 Å². The van der Waals surface area contributed by atoms with Gasteiger partial charge >= 0.3 is 0 Å². The zero-order chi connectivity index (χ0) is 28.6. The molecule has 1 fully saturated rings. The van der Waals surface area contributed by atoms with E-state index in [-0.39, 0.29) is 11.7 Å². The maximum atomic E-state index is 14.0. The summed E-state index contributed by atoms with van der Waals surface area (Å²) < 4.78 is 14.0. The third kappa shape index (κ3) is 5.06. The SMILES string of the molecule is O=C(CC1CCNCC1)Nc1cncc(-c2cnc3[nH]nc(-c4cc5c(-c6cc(O)cc(F)c6)ccnc5[nH]4)c3c2)c1. The number of rotatable bonds is 6. The van der Waals surface area contributed by atoms with Gasteiger partial charge in [0.2, 0.25) is 5.91 Å². The summed E-state index contributed by atoms with van der Waals surface area (Å²) in [6.07, 6.45) is 9.26. The summed E-state index contributed by atoms with van der Waals surface area (Å²) >= 11 is 0. The molecule has 1 saturated heterocycles. The predicted octanol–water partition coefficient (Wildman–Crippen LogP) is 5.40. The summed E-state index contributed by atoms with van der Waals surface area (Å²) in [6.45, 7) is 1.91. The Hall–Kier alpha value is -5.16. The number of fused-ring (bicyclic) bond motifs is 2. The van der Waals surface area contributed by atoms with Crippen LogP contribution in [0.3, 0.4) is 0 Å². The second-order valence-corrected chi connectivity index (χ2v) is 10.6. The smallest absolute Gasteiger partial charge is 0.224 e. The molecular weight excluding hydrogens is 535 g/mol. The molecule has 1 aromatic carbocycles. The molecule has 42 heavy (non-hydrogen) atoms. The molecule has 1 amide bonds. The van der Waals surface area contributed by atoms with Crippen LogP contribution in [0.1, 0.15) is 19.3 Å². The van der Waals surface area contributed by atoms with E-state index in [1.807, 2.05) is 18.2 Å². The third-order valence-corrected chi connectivity index (χ3v) is 7.69. The first-order valence-electron chi connectivity index (χ1n) is 13.8. The highest BCUT2D eigenvalue weighted by atomic mass is 19.1. The predicted molar refractivity (Wildman–Crippen MR) is 158 cm³/mol. The minimum absolute atomic E-state index is 0.00760. The van der Waals surface area contributed by atoms with Gasteiger partial charge in [0.15, 0.2) is 5.65 Å². The molecule has 1 aliphatic rings. The number of carbonyl (C=O) groups is 1. The monoisotopic (exact) mass is 562 g/mol. The number of aromatic hydroxyl groups is 1. The van der Waals surface area contributed by atoms with Gasteiger partial charge in [-0.2, -0.15) is 5.10 Å². The lowest BCUT2D eigenvalue weighted by atomic mass is 9.94. The van der Waals surface area contributed by atoms with Crippen molar-refractivity contribution in [1.29, 1.82) is 0 Å². The number of hydrogen-bond donors (Lipinski definition) is 5. The molecule has 0 radical (unpaired) electrons. The number of hydrogen-bond acceptors (Lipinski definition) is 7. The van der Waals surface area contributed by atoms with Crippen LogP contribution in [0.4, 0.5) is 10.1 Å². The number of phenolic OH excluding ortho intramolecular Hbond substituents is 1. The second kappa shape index (κ2) is 10.7. The highest BCUT2D eigenvalue weighted by Crippen LogP contribution is 2.35. The van der Waals surface area contributed by atoms with Crippen molar-refractivity contribution in [3.63, 3.8) is 0 Å². The van der Waals surface area contributed by atoms with Gasteiger partial charge in [0, 0.05) is 53.0 Å². The zero-order valence-corrected chi connectivity index (χ0v) is 22.5. The largest absolute Gasteiger partial charge is 0.508 e. The minimum Gasteiger partial charge on any atom is -0.508 e. The first-order valence-corrected chi connectivity index (χ1v) is 13.8. The van der Waals surface area contributed by atoms with Gasteiger partial charge in [-0.1, -0.05) is 0 Å². The van der Waals surface area contributed by atoms with Gasteiger partial charge in [-0.25, -0.2) is 14.4 Å². The van der Waals surface area contributed by atoms with E-state index < -0.39 is 5.82 Å². The van der Waals surface area contributed by atoms with Crippen LogP contribution >= 0.6 is 0 Å². The molecule has 0 saturated carbocycles. The summed E-state index contributed by atoms with van der Waals surface area (Å²) in [5, 5.41) is 25.3. The molecular formula is C31H27FN8O2. The first-order chi connectivity index (χ1) is 20.5. The quantitative estimate of drug-likeness (QED) is 0.183. The Balaban J connectivity index is 1.20. The second-order valence-electron chi connectivity index (χ2n) is 10.6. The molecule has 0 spiro atoms. The van der Waals surface area contributed by atoms with Gasteiger partial charge in [0.1, 0.15) is 22.9 Å². The van der Waals surface area contributed by atoms with Crippen molar-refractivity contribution in [3.8, 4) is 39.4 Å². The van der Waals surface area contributed by atoms with E-state index in [2.05, 4.69) is 40.8 Å². The number of piperidine rings is 1. The van der Waals surface area contributed by atoms with Gasteiger partial charge in [0.25, 0.3) is 0 Å². The van der Waals surface area contributed by atoms with E-state index in [1.165, 1.54) is 12.1 Å². The Bertz CT molecular complexity index is 1920. The Morgan fingerprint density at radius 1 is 0.952 bits per heavy atom. The summed E-state index contributed by atoms with van der Waals surface area (Å²) in [7, 11) is 0. The average Bonchev–Trinajstić information content (AvgIpc) is 3.61. The molecule has 6 aromatic rings. The zero-order valence-electron chi connectivity index (χ0n) is 22.5. The van der Waals surface area contributed by atoms with Crippen LogP contribution in [0.2, 0.25) is 0 Å². The van der Waals surface area contributed by atoms with Crippen LogP contribution in [0, 0.1) is 11.7 Å². The summed E-state index contributed by atoms with van der Waals surface area (Å²) in [6, 6.07) is 11.5. The Morgan fingerprint density at radius 3 is 2.67 bits per heavy atom. The Morgan fingerprint density at radius 2 is 1.81 bits per heavy atom. The normalized spacial score (nSPS) is 14.0. The highest BCUT2D eigenvalue weighted by molar-refractivity contribution is 6.00. The van der Waals surface area contributed by atoms with E-state index >= 15 is 0 Å². The number of amides is 1. The van der Waals surface area contributed by atoms with Crippen molar-refractivity contribution in [2.24, 2.45) is 5.92 Å². The van der Waals surface area contributed by atoms with E-state index in [1.54, 1.807) is 30.9 Å². The minimum atomic E-state index is -0.525. The van der Waals surface area contributed by atoms with Crippen LogP contribution in [0.25, 0.3) is 55.7 Å². The molecule has 10 nitrogen and oxygen atoms in total. The van der Waals surface area contributed by atoms with Crippen molar-refractivity contribution in [1.82, 2.24) is 35.5 Å². The lowest BCUT2D eigenvalue weighted by molar-refractivity contribution is -0.117. The van der Waals surface area contributed by atoms with Gasteiger partial charge in [-0.15, -0.1) is 0 Å². The maximum Gasteiger partial charge on any atom is 0.224 e. The standard InChI is InChI=1S/C31H27FN8O2/c32-21-8-18(10-23(41)12-21)24-3-6-35-30-25(24)13-27(38-30)29-26-11-20(15-36-31(26)40-39-29)19-9-22(16-34-14-19)37-28(42)7-17-1-4-33-5-2-17/h3,6,8-17,33,41H,1-2,4-5,7H2,(H,35,38)(H,37,42)(H,36,39,40). The first kappa shape index (κ1) is 25.8. The van der Waals surface area contributed by atoms with Gasteiger partial charge in [-0.3, -0.25) is 14.9 Å². The van der Waals surface area contributed by atoms with Crippen LogP contribution in [-0.4, -0.2) is 54.2 Å². The molecule has 7 rings (SSSR count). The highest BCUT2D eigenvalue weighted by Gasteiger charge is 2.18. The molecule has 0 unspecified atom stereocenters. The molecule has 5 N–H and O–H groups in total. The van der Waals surface area contributed by atoms with E-state index in [0.29, 0.717) is 46.3 Å². The number of aromatic nitrogens is 6. The van der Waals surface area contributed by atoms with Crippen LogP contribution in [0.5, 0.6) is 5.75 Å². The number of phenols is 1. The Labute approximate surface area is 239 Å². The maximum absolute atomic E-state index is 14.0. The van der Waals surface area contributed by atoms with Crippen molar-refractivity contribution < 1.29 is 14.3 Å². The lowest BCUT2D eigenvalue weighted by Crippen LogP contribution is -2.30. The van der Waals surface area contributed by atoms with Gasteiger partial charge in [0.05, 0.1) is 17.6 Å². The molecule has 5 aromatic heterocycles. The molecule has 210 valence electrons. The topological polar surface area (TPSA) is 144 Å². The number of anilines is 1. The number of carbonyl (C=O) groups excluding carboxylic acids is 1. The average molecular weight is 563 g/mol. The molecule has 6 heterocycles. The molecule has 0 bridgehead atoms. The van der Waals surface area contributed by atoms with E-state index in [4.69, 9.17) is 0 Å². The van der Waals surface area contributed by atoms with Gasteiger partial charge < -0.3 is 20.7 Å². The Kier molecular flexibility index (Phi) is 6.55. The summed E-state index contributed by atoms with van der Waals surface area (Å²) in [4.78, 5) is 29.4. The summed E-state index contributed by atoms with van der Waals surface area (Å²) in [5.41, 5.74) is 6.07. The van der Waals surface area contributed by atoms with E-state index in [0.717, 1.165) is 59.5 Å². The fourth-order valence-corrected chi connectivity index (χ4v) is 5.63. The van der Waals surface area contributed by atoms with Crippen LogP contribution in [0.15, 0.2) is 67.3 Å².